The maximum absolute atomic E-state index is 12.3. The molecule has 1 amide bonds. The van der Waals surface area contributed by atoms with Gasteiger partial charge in [-0.1, -0.05) is 18.5 Å². The van der Waals surface area contributed by atoms with Crippen LogP contribution < -0.4 is 10.1 Å². The van der Waals surface area contributed by atoms with Gasteiger partial charge >= 0.3 is 5.97 Å². The number of carbonyl (C=O) groups excluding carboxylic acids is 2. The van der Waals surface area contributed by atoms with Crippen LogP contribution in [-0.4, -0.2) is 46.2 Å². The molecule has 0 fully saturated rings. The summed E-state index contributed by atoms with van der Waals surface area (Å²) in [6.07, 6.45) is 2.36. The molecular formula is C19H22ClN3O5. The van der Waals surface area contributed by atoms with Crippen LogP contribution in [-0.2, 0) is 9.53 Å². The standard InChI is InChI=1S/C19H22ClN3O5/c1-10(14-6-5-13(20)9-22-14)12(3)28-19(26)11(2)23-18(25)16-17(24)15(27-4)7-8-21-16/h5-12,24H,1-4H3,(H,23,25)/t10-,11+,12+/m1/s1. The van der Waals surface area contributed by atoms with Gasteiger partial charge in [-0.2, -0.15) is 0 Å². The summed E-state index contributed by atoms with van der Waals surface area (Å²) in [5.74, 6) is -1.81. The average Bonchev–Trinajstić information content (AvgIpc) is 2.67. The van der Waals surface area contributed by atoms with Crippen molar-refractivity contribution in [3.05, 3.63) is 47.0 Å². The summed E-state index contributed by atoms with van der Waals surface area (Å²) in [5.41, 5.74) is 0.484. The highest BCUT2D eigenvalue weighted by molar-refractivity contribution is 6.30. The summed E-state index contributed by atoms with van der Waals surface area (Å²) in [6.45, 7) is 5.09. The highest BCUT2D eigenvalue weighted by Gasteiger charge is 2.26. The Bertz CT molecular complexity index is 844. The van der Waals surface area contributed by atoms with Gasteiger partial charge in [-0.3, -0.25) is 9.78 Å². The molecule has 0 saturated carbocycles. The molecule has 2 rings (SSSR count). The topological polar surface area (TPSA) is 111 Å². The molecule has 0 aliphatic carbocycles. The number of hydrogen-bond donors (Lipinski definition) is 2. The number of amides is 1. The second-order valence-electron chi connectivity index (χ2n) is 6.24. The smallest absolute Gasteiger partial charge is 0.328 e. The van der Waals surface area contributed by atoms with E-state index >= 15 is 0 Å². The Labute approximate surface area is 167 Å². The van der Waals surface area contributed by atoms with E-state index in [0.717, 1.165) is 5.69 Å². The molecule has 150 valence electrons. The number of rotatable bonds is 7. The molecule has 3 atom stereocenters. The van der Waals surface area contributed by atoms with Crippen LogP contribution in [0.25, 0.3) is 0 Å². The molecule has 0 aliphatic heterocycles. The zero-order valence-corrected chi connectivity index (χ0v) is 16.7. The Morgan fingerprint density at radius 3 is 2.50 bits per heavy atom. The van der Waals surface area contributed by atoms with Gasteiger partial charge in [-0.15, -0.1) is 0 Å². The third kappa shape index (κ3) is 5.10. The van der Waals surface area contributed by atoms with Crippen molar-refractivity contribution >= 4 is 23.5 Å². The fourth-order valence-corrected chi connectivity index (χ4v) is 2.49. The van der Waals surface area contributed by atoms with Crippen molar-refractivity contribution < 1.29 is 24.2 Å². The van der Waals surface area contributed by atoms with Gasteiger partial charge in [-0.05, 0) is 26.0 Å². The molecule has 2 heterocycles. The summed E-state index contributed by atoms with van der Waals surface area (Å²) >= 11 is 5.83. The Morgan fingerprint density at radius 2 is 1.89 bits per heavy atom. The number of aromatic hydroxyl groups is 1. The van der Waals surface area contributed by atoms with Crippen LogP contribution in [0.15, 0.2) is 30.6 Å². The van der Waals surface area contributed by atoms with E-state index in [0.29, 0.717) is 5.02 Å². The number of esters is 1. The quantitative estimate of drug-likeness (QED) is 0.679. The van der Waals surface area contributed by atoms with Gasteiger partial charge < -0.3 is 19.9 Å². The van der Waals surface area contributed by atoms with Crippen LogP contribution in [0, 0.1) is 0 Å². The number of aromatic nitrogens is 2. The van der Waals surface area contributed by atoms with Crippen molar-refractivity contribution in [1.82, 2.24) is 15.3 Å². The van der Waals surface area contributed by atoms with Crippen molar-refractivity contribution in [2.45, 2.75) is 38.8 Å². The van der Waals surface area contributed by atoms with E-state index in [2.05, 4.69) is 15.3 Å². The molecular weight excluding hydrogens is 386 g/mol. The van der Waals surface area contributed by atoms with Crippen LogP contribution in [0.1, 0.15) is 42.9 Å². The van der Waals surface area contributed by atoms with Gasteiger partial charge in [0, 0.05) is 30.1 Å². The lowest BCUT2D eigenvalue weighted by molar-refractivity contribution is -0.151. The molecule has 2 aromatic rings. The molecule has 8 nitrogen and oxygen atoms in total. The zero-order valence-electron chi connectivity index (χ0n) is 16.0. The summed E-state index contributed by atoms with van der Waals surface area (Å²) in [4.78, 5) is 32.7. The van der Waals surface area contributed by atoms with Crippen LogP contribution in [0.5, 0.6) is 11.5 Å². The molecule has 0 aliphatic rings. The fraction of sp³-hybridized carbons (Fsp3) is 0.368. The number of carbonyl (C=O) groups is 2. The third-order valence-corrected chi connectivity index (χ3v) is 4.47. The van der Waals surface area contributed by atoms with E-state index < -0.39 is 29.8 Å². The van der Waals surface area contributed by atoms with Gasteiger partial charge in [0.25, 0.3) is 5.91 Å². The Kier molecular flexibility index (Phi) is 7.17. The molecule has 28 heavy (non-hydrogen) atoms. The lowest BCUT2D eigenvalue weighted by Crippen LogP contribution is -2.41. The Morgan fingerprint density at radius 1 is 1.18 bits per heavy atom. The minimum atomic E-state index is -0.951. The summed E-state index contributed by atoms with van der Waals surface area (Å²) in [7, 11) is 1.36. The van der Waals surface area contributed by atoms with Crippen molar-refractivity contribution in [3.8, 4) is 11.5 Å². The third-order valence-electron chi connectivity index (χ3n) is 4.25. The maximum atomic E-state index is 12.3. The molecule has 0 unspecified atom stereocenters. The molecule has 0 spiro atoms. The number of nitrogens with one attached hydrogen (secondary N) is 1. The van der Waals surface area contributed by atoms with Gasteiger partial charge in [0.2, 0.25) is 0 Å². The van der Waals surface area contributed by atoms with E-state index in [1.807, 2.05) is 6.92 Å². The van der Waals surface area contributed by atoms with Crippen molar-refractivity contribution in [3.63, 3.8) is 0 Å². The summed E-state index contributed by atoms with van der Waals surface area (Å²) in [5, 5.41) is 13.0. The monoisotopic (exact) mass is 407 g/mol. The number of ether oxygens (including phenoxy) is 2. The van der Waals surface area contributed by atoms with Crippen molar-refractivity contribution in [2.24, 2.45) is 0 Å². The molecule has 0 aromatic carbocycles. The van der Waals surface area contributed by atoms with Gasteiger partial charge in [0.15, 0.2) is 17.2 Å². The van der Waals surface area contributed by atoms with E-state index in [9.17, 15) is 14.7 Å². The zero-order chi connectivity index (χ0) is 20.8. The Balaban J connectivity index is 1.98. The number of pyridine rings is 2. The van der Waals surface area contributed by atoms with Crippen molar-refractivity contribution in [1.29, 1.82) is 0 Å². The highest BCUT2D eigenvalue weighted by atomic mass is 35.5. The first kappa shape index (κ1) is 21.4. The second-order valence-corrected chi connectivity index (χ2v) is 6.67. The minimum Gasteiger partial charge on any atom is -0.503 e. The number of nitrogens with zero attached hydrogens (tertiary/aromatic N) is 2. The normalized spacial score (nSPS) is 13.9. The molecule has 0 bridgehead atoms. The van der Waals surface area contributed by atoms with Crippen LogP contribution in [0.3, 0.4) is 0 Å². The molecule has 0 saturated heterocycles. The number of halogens is 1. The van der Waals surface area contributed by atoms with Crippen LogP contribution in [0.2, 0.25) is 5.02 Å². The van der Waals surface area contributed by atoms with Gasteiger partial charge in [0.1, 0.15) is 12.1 Å². The minimum absolute atomic E-state index is 0.105. The maximum Gasteiger partial charge on any atom is 0.328 e. The Hall–Kier alpha value is -2.87. The lowest BCUT2D eigenvalue weighted by atomic mass is 10.0. The highest BCUT2D eigenvalue weighted by Crippen LogP contribution is 2.27. The van der Waals surface area contributed by atoms with E-state index in [1.54, 1.807) is 19.1 Å². The molecule has 2 aromatic heterocycles. The van der Waals surface area contributed by atoms with E-state index in [1.165, 1.54) is 32.5 Å². The second kappa shape index (κ2) is 9.36. The first-order valence-electron chi connectivity index (χ1n) is 8.59. The number of hydrogen-bond acceptors (Lipinski definition) is 7. The molecule has 9 heteroatoms. The molecule has 2 N–H and O–H groups in total. The largest absolute Gasteiger partial charge is 0.503 e. The van der Waals surface area contributed by atoms with Crippen LogP contribution in [0.4, 0.5) is 0 Å². The predicted molar refractivity (Wildman–Crippen MR) is 103 cm³/mol. The first-order chi connectivity index (χ1) is 13.2. The molecule has 0 radical (unpaired) electrons. The summed E-state index contributed by atoms with van der Waals surface area (Å²) < 4.78 is 10.4. The van der Waals surface area contributed by atoms with E-state index in [4.69, 9.17) is 21.1 Å². The fourth-order valence-electron chi connectivity index (χ4n) is 2.38. The van der Waals surface area contributed by atoms with Crippen molar-refractivity contribution in [2.75, 3.05) is 7.11 Å². The van der Waals surface area contributed by atoms with Gasteiger partial charge in [-0.25, -0.2) is 9.78 Å². The lowest BCUT2D eigenvalue weighted by Gasteiger charge is -2.22. The van der Waals surface area contributed by atoms with E-state index in [-0.39, 0.29) is 17.4 Å². The SMILES string of the molecule is COc1ccnc(C(=O)N[C@@H](C)C(=O)O[C@@H](C)[C@@H](C)c2ccc(Cl)cn2)c1O. The number of methoxy groups -OCH3 is 1. The average molecular weight is 408 g/mol. The predicted octanol–water partition coefficient (Wildman–Crippen LogP) is 2.70. The van der Waals surface area contributed by atoms with Gasteiger partial charge in [0.05, 0.1) is 12.1 Å². The first-order valence-corrected chi connectivity index (χ1v) is 8.97. The summed E-state index contributed by atoms with van der Waals surface area (Å²) in [6, 6.07) is 3.94. The van der Waals surface area contributed by atoms with Crippen LogP contribution >= 0.6 is 11.6 Å².